The van der Waals surface area contributed by atoms with Gasteiger partial charge in [-0.15, -0.1) is 0 Å². The maximum absolute atomic E-state index is 7.00. The first-order valence-corrected chi connectivity index (χ1v) is 23.5. The largest absolute Gasteiger partial charge is 0.457 e. The van der Waals surface area contributed by atoms with E-state index in [0.717, 1.165) is 34.0 Å². The van der Waals surface area contributed by atoms with E-state index in [2.05, 4.69) is 238 Å². The van der Waals surface area contributed by atoms with Crippen molar-refractivity contribution in [2.75, 3.05) is 16.5 Å². The van der Waals surface area contributed by atoms with E-state index in [-0.39, 0.29) is 16.2 Å². The van der Waals surface area contributed by atoms with Gasteiger partial charge in [0.05, 0.1) is 22.4 Å². The van der Waals surface area contributed by atoms with E-state index in [0.29, 0.717) is 18.5 Å². The van der Waals surface area contributed by atoms with Crippen LogP contribution in [0.5, 0.6) is 11.5 Å². The number of ether oxygens (including phenoxy) is 1. The fraction of sp³-hybridized carbons (Fsp3) is 0.317. The molecule has 2 aromatic heterocycles. The number of pyridine rings is 1. The van der Waals surface area contributed by atoms with Crippen molar-refractivity contribution < 1.29 is 4.74 Å². The molecule has 0 radical (unpaired) electrons. The number of rotatable bonds is 8. The van der Waals surface area contributed by atoms with Crippen LogP contribution in [0.1, 0.15) is 130 Å². The monoisotopic (exact) mass is 859 g/mol. The molecule has 0 saturated heterocycles. The Balaban J connectivity index is 1.15. The number of fused-ring (bicyclic) bond motifs is 4. The average molecular weight is 859 g/mol. The Bertz CT molecular complexity index is 3050. The molecule has 0 fully saturated rings. The third-order valence-electron chi connectivity index (χ3n) is 13.3. The summed E-state index contributed by atoms with van der Waals surface area (Å²) in [6.07, 6.45) is 1.93. The lowest BCUT2D eigenvalue weighted by Crippen LogP contribution is -2.24. The fourth-order valence-electron chi connectivity index (χ4n) is 9.52. The molecular formula is C60H66N4O. The van der Waals surface area contributed by atoms with Crippen LogP contribution in [-0.2, 0) is 16.2 Å². The van der Waals surface area contributed by atoms with Crippen molar-refractivity contribution in [3.63, 3.8) is 0 Å². The van der Waals surface area contributed by atoms with Crippen LogP contribution in [0.15, 0.2) is 140 Å². The normalized spacial score (nSPS) is 13.5. The summed E-state index contributed by atoms with van der Waals surface area (Å²) in [5.41, 5.74) is 15.9. The summed E-state index contributed by atoms with van der Waals surface area (Å²) in [5, 5.41) is 2.36. The second-order valence-electron chi connectivity index (χ2n) is 21.9. The highest BCUT2D eigenvalue weighted by molar-refractivity contribution is 6.09. The fourth-order valence-corrected chi connectivity index (χ4v) is 9.52. The maximum Gasteiger partial charge on any atom is 0.137 e. The molecule has 6 aromatic carbocycles. The van der Waals surface area contributed by atoms with Gasteiger partial charge in [0.15, 0.2) is 0 Å². The number of hydrogen-bond acceptors (Lipinski definition) is 4. The van der Waals surface area contributed by atoms with Crippen LogP contribution >= 0.6 is 0 Å². The zero-order chi connectivity index (χ0) is 46.2. The molecule has 1 aliphatic heterocycles. The van der Waals surface area contributed by atoms with Crippen LogP contribution in [0.3, 0.4) is 0 Å². The lowest BCUT2D eigenvalue weighted by Gasteiger charge is -2.26. The lowest BCUT2D eigenvalue weighted by molar-refractivity contribution is 0.479. The molecule has 0 bridgehead atoms. The van der Waals surface area contributed by atoms with Gasteiger partial charge in [0.2, 0.25) is 0 Å². The molecule has 0 N–H and O–H groups in total. The van der Waals surface area contributed by atoms with Gasteiger partial charge in [-0.1, -0.05) is 145 Å². The van der Waals surface area contributed by atoms with Gasteiger partial charge in [-0.3, -0.25) is 4.57 Å². The van der Waals surface area contributed by atoms with Gasteiger partial charge < -0.3 is 14.5 Å². The molecule has 0 aliphatic carbocycles. The third-order valence-corrected chi connectivity index (χ3v) is 13.3. The van der Waals surface area contributed by atoms with Crippen molar-refractivity contribution in [3.8, 4) is 28.4 Å². The second kappa shape index (κ2) is 16.3. The molecule has 0 saturated carbocycles. The van der Waals surface area contributed by atoms with E-state index in [9.17, 15) is 0 Å². The summed E-state index contributed by atoms with van der Waals surface area (Å²) >= 11 is 0. The number of benzene rings is 6. The zero-order valence-corrected chi connectivity index (χ0v) is 40.8. The Morgan fingerprint density at radius 2 is 1.14 bits per heavy atom. The predicted octanol–water partition coefficient (Wildman–Crippen LogP) is 17.0. The smallest absolute Gasteiger partial charge is 0.137 e. The summed E-state index contributed by atoms with van der Waals surface area (Å²) in [4.78, 5) is 9.89. The minimum absolute atomic E-state index is 0.0102. The molecule has 0 amide bonds. The molecule has 3 heterocycles. The molecule has 0 atom stereocenters. The number of para-hydroxylation sites is 1. The van der Waals surface area contributed by atoms with E-state index in [1.807, 2.05) is 6.20 Å². The highest BCUT2D eigenvalue weighted by Crippen LogP contribution is 2.49. The van der Waals surface area contributed by atoms with E-state index in [1.165, 1.54) is 66.8 Å². The van der Waals surface area contributed by atoms with Crippen molar-refractivity contribution in [2.24, 2.45) is 0 Å². The number of aromatic nitrogens is 2. The topological polar surface area (TPSA) is 33.5 Å². The van der Waals surface area contributed by atoms with Gasteiger partial charge in [-0.2, -0.15) is 0 Å². The molecule has 65 heavy (non-hydrogen) atoms. The summed E-state index contributed by atoms with van der Waals surface area (Å²) < 4.78 is 9.29. The van der Waals surface area contributed by atoms with Crippen molar-refractivity contribution in [1.29, 1.82) is 0 Å². The van der Waals surface area contributed by atoms with E-state index in [1.54, 1.807) is 0 Å². The Morgan fingerprint density at radius 3 is 1.83 bits per heavy atom. The molecule has 0 spiro atoms. The minimum Gasteiger partial charge on any atom is -0.457 e. The molecule has 0 unspecified atom stereocenters. The number of nitrogens with zero attached hydrogens (tertiary/aromatic N) is 4. The standard InChI is InChI=1S/C60H66N4O/c1-38(2)48-21-17-22-49(39(3)4)57(48)40-18-16-19-44(30-40)62-37-63(53-27-24-41(33-55(53)62)58(5,6)7)45-31-43(60(11,12)13)32-47(35-45)65-46-25-26-51-50-20-14-15-23-52(50)64(54(51)36-46)56-34-42(28-29-61-56)59(8,9)10/h14-36,38-39H,37H2,1-13H3. The van der Waals surface area contributed by atoms with E-state index >= 15 is 0 Å². The Hall–Kier alpha value is -6.33. The van der Waals surface area contributed by atoms with Crippen molar-refractivity contribution in [1.82, 2.24) is 9.55 Å². The summed E-state index contributed by atoms with van der Waals surface area (Å²) in [5.74, 6) is 3.31. The van der Waals surface area contributed by atoms with Gasteiger partial charge in [0, 0.05) is 40.5 Å². The second-order valence-corrected chi connectivity index (χ2v) is 21.9. The van der Waals surface area contributed by atoms with Gasteiger partial charge in [0.1, 0.15) is 24.0 Å². The van der Waals surface area contributed by atoms with Gasteiger partial charge >= 0.3 is 0 Å². The first-order valence-electron chi connectivity index (χ1n) is 23.5. The number of anilines is 4. The van der Waals surface area contributed by atoms with Gasteiger partial charge in [-0.25, -0.2) is 4.98 Å². The molecule has 5 nitrogen and oxygen atoms in total. The highest BCUT2D eigenvalue weighted by Gasteiger charge is 2.32. The zero-order valence-electron chi connectivity index (χ0n) is 40.8. The number of hydrogen-bond donors (Lipinski definition) is 0. The molecule has 1 aliphatic rings. The third kappa shape index (κ3) is 8.31. The van der Waals surface area contributed by atoms with Crippen molar-refractivity contribution in [2.45, 2.75) is 118 Å². The lowest BCUT2D eigenvalue weighted by atomic mass is 9.85. The molecule has 5 heteroatoms. The average Bonchev–Trinajstić information content (AvgIpc) is 3.81. The summed E-state index contributed by atoms with van der Waals surface area (Å²) in [7, 11) is 0. The van der Waals surface area contributed by atoms with E-state index < -0.39 is 0 Å². The van der Waals surface area contributed by atoms with Crippen LogP contribution in [-0.4, -0.2) is 16.2 Å². The van der Waals surface area contributed by atoms with Crippen LogP contribution in [0.25, 0.3) is 38.8 Å². The first-order chi connectivity index (χ1) is 30.8. The van der Waals surface area contributed by atoms with Gasteiger partial charge in [0.25, 0.3) is 0 Å². The maximum atomic E-state index is 7.00. The molecule has 9 rings (SSSR count). The Labute approximate surface area is 387 Å². The molecular weight excluding hydrogens is 793 g/mol. The highest BCUT2D eigenvalue weighted by atomic mass is 16.5. The van der Waals surface area contributed by atoms with Crippen molar-refractivity contribution in [3.05, 3.63) is 167 Å². The van der Waals surface area contributed by atoms with Crippen LogP contribution in [0.2, 0.25) is 0 Å². The van der Waals surface area contributed by atoms with E-state index in [4.69, 9.17) is 9.72 Å². The van der Waals surface area contributed by atoms with Crippen LogP contribution in [0.4, 0.5) is 22.7 Å². The molecule has 332 valence electrons. The molecule has 8 aromatic rings. The summed E-state index contributed by atoms with van der Waals surface area (Å²) in [6.45, 7) is 30.4. The van der Waals surface area contributed by atoms with Crippen LogP contribution in [0, 0.1) is 0 Å². The quantitative estimate of drug-likeness (QED) is 0.152. The van der Waals surface area contributed by atoms with Gasteiger partial charge in [-0.05, 0) is 134 Å². The Morgan fingerprint density at radius 1 is 0.492 bits per heavy atom. The van der Waals surface area contributed by atoms with Crippen molar-refractivity contribution >= 4 is 44.6 Å². The SMILES string of the molecule is CC(C)c1cccc(C(C)C)c1-c1cccc(N2CN(c3cc(Oc4ccc5c6ccccc6n(-c6cc(C(C)(C)C)ccn6)c5c4)cc(C(C)(C)C)c3)c3ccc(C(C)(C)C)cc32)c1. The predicted molar refractivity (Wildman–Crippen MR) is 277 cm³/mol. The Kier molecular flexibility index (Phi) is 11.0. The summed E-state index contributed by atoms with van der Waals surface area (Å²) in [6, 6.07) is 49.4. The minimum atomic E-state index is -0.126. The van der Waals surface area contributed by atoms with Crippen LogP contribution < -0.4 is 14.5 Å². The first kappa shape index (κ1) is 43.9.